The maximum absolute atomic E-state index is 5.77. The molecule has 0 amide bonds. The Hall–Kier alpha value is -0.690. The van der Waals surface area contributed by atoms with E-state index in [-0.39, 0.29) is 0 Å². The maximum Gasteiger partial charge on any atom is 0.185 e. The van der Waals surface area contributed by atoms with Crippen LogP contribution in [0.15, 0.2) is 0 Å². The van der Waals surface area contributed by atoms with E-state index in [1.807, 2.05) is 0 Å². The molecule has 0 radical (unpaired) electrons. The molecular weight excluding hydrogens is 260 g/mol. The van der Waals surface area contributed by atoms with Gasteiger partial charge in [0.1, 0.15) is 0 Å². The molecule has 6 heteroatoms. The molecule has 1 fully saturated rings. The summed E-state index contributed by atoms with van der Waals surface area (Å²) in [6, 6.07) is 0. The van der Waals surface area contributed by atoms with Crippen LogP contribution in [0.3, 0.4) is 0 Å². The predicted octanol–water partition coefficient (Wildman–Crippen LogP) is 1.28. The van der Waals surface area contributed by atoms with Gasteiger partial charge < -0.3 is 15.4 Å². The first kappa shape index (κ1) is 14.7. The summed E-state index contributed by atoms with van der Waals surface area (Å²) in [7, 11) is 1.70. The lowest BCUT2D eigenvalue weighted by atomic mass is 10.3. The average Bonchev–Trinajstić information content (AvgIpc) is 2.84. The van der Waals surface area contributed by atoms with E-state index in [2.05, 4.69) is 21.7 Å². The lowest BCUT2D eigenvalue weighted by molar-refractivity contribution is 0.181. The van der Waals surface area contributed by atoms with Crippen molar-refractivity contribution in [3.8, 4) is 0 Å². The van der Waals surface area contributed by atoms with Crippen molar-refractivity contribution in [2.45, 2.75) is 26.5 Å². The molecule has 2 heterocycles. The largest absolute Gasteiger partial charge is 0.378 e. The molecule has 0 aromatic carbocycles. The SMILES string of the molecule is CCCN1CCN(c2nc(COC)c(CN)s2)CC1. The molecule has 5 nitrogen and oxygen atoms in total. The van der Waals surface area contributed by atoms with Crippen molar-refractivity contribution in [1.29, 1.82) is 0 Å². The zero-order chi connectivity index (χ0) is 13.7. The van der Waals surface area contributed by atoms with Gasteiger partial charge in [-0.3, -0.25) is 4.90 Å². The molecule has 1 saturated heterocycles. The Labute approximate surface area is 119 Å². The molecule has 1 aliphatic rings. The summed E-state index contributed by atoms with van der Waals surface area (Å²) < 4.78 is 5.18. The van der Waals surface area contributed by atoms with E-state index in [1.54, 1.807) is 18.4 Å². The summed E-state index contributed by atoms with van der Waals surface area (Å²) in [5, 5.41) is 1.10. The highest BCUT2D eigenvalue weighted by Crippen LogP contribution is 2.27. The summed E-state index contributed by atoms with van der Waals surface area (Å²) >= 11 is 1.71. The van der Waals surface area contributed by atoms with Gasteiger partial charge in [-0.05, 0) is 13.0 Å². The first-order chi connectivity index (χ1) is 9.28. The monoisotopic (exact) mass is 284 g/mol. The number of ether oxygens (including phenoxy) is 1. The van der Waals surface area contributed by atoms with Crippen LogP contribution in [0.4, 0.5) is 5.13 Å². The third kappa shape index (κ3) is 3.66. The number of rotatable bonds is 6. The highest BCUT2D eigenvalue weighted by Gasteiger charge is 2.20. The van der Waals surface area contributed by atoms with Crippen LogP contribution in [0.2, 0.25) is 0 Å². The minimum absolute atomic E-state index is 0.548. The number of nitrogens with two attached hydrogens (primary N) is 1. The standard InChI is InChI=1S/C13H24N4OS/c1-3-4-16-5-7-17(8-6-16)13-15-11(10-18-2)12(9-14)19-13/h3-10,14H2,1-2H3. The Morgan fingerprint density at radius 3 is 2.63 bits per heavy atom. The average molecular weight is 284 g/mol. The van der Waals surface area contributed by atoms with Crippen LogP contribution in [0.5, 0.6) is 0 Å². The zero-order valence-corrected chi connectivity index (χ0v) is 12.7. The Morgan fingerprint density at radius 2 is 2.05 bits per heavy atom. The van der Waals surface area contributed by atoms with Gasteiger partial charge in [0.15, 0.2) is 5.13 Å². The summed E-state index contributed by atoms with van der Waals surface area (Å²) in [5.41, 5.74) is 6.77. The van der Waals surface area contributed by atoms with E-state index in [4.69, 9.17) is 10.5 Å². The zero-order valence-electron chi connectivity index (χ0n) is 11.9. The van der Waals surface area contributed by atoms with Gasteiger partial charge in [-0.15, -0.1) is 11.3 Å². The quantitative estimate of drug-likeness (QED) is 0.853. The number of aromatic nitrogens is 1. The highest BCUT2D eigenvalue weighted by molar-refractivity contribution is 7.15. The molecule has 2 N–H and O–H groups in total. The molecule has 0 aliphatic carbocycles. The number of methoxy groups -OCH3 is 1. The molecule has 0 bridgehead atoms. The third-order valence-corrected chi connectivity index (χ3v) is 4.60. The lowest BCUT2D eigenvalue weighted by Gasteiger charge is -2.34. The van der Waals surface area contributed by atoms with Crippen molar-refractivity contribution in [3.05, 3.63) is 10.6 Å². The van der Waals surface area contributed by atoms with E-state index in [0.717, 1.165) is 41.9 Å². The first-order valence-electron chi connectivity index (χ1n) is 6.93. The van der Waals surface area contributed by atoms with E-state index in [1.165, 1.54) is 13.0 Å². The minimum atomic E-state index is 0.548. The summed E-state index contributed by atoms with van der Waals surface area (Å²) in [6.07, 6.45) is 1.23. The minimum Gasteiger partial charge on any atom is -0.378 e. The summed E-state index contributed by atoms with van der Waals surface area (Å²) in [6.45, 7) is 8.92. The van der Waals surface area contributed by atoms with Crippen LogP contribution in [-0.2, 0) is 17.9 Å². The van der Waals surface area contributed by atoms with Gasteiger partial charge in [0.25, 0.3) is 0 Å². The van der Waals surface area contributed by atoms with Crippen LogP contribution in [-0.4, -0.2) is 49.7 Å². The number of nitrogens with zero attached hydrogens (tertiary/aromatic N) is 3. The number of piperazine rings is 1. The number of thiazole rings is 1. The van der Waals surface area contributed by atoms with Gasteiger partial charge in [0.05, 0.1) is 12.3 Å². The van der Waals surface area contributed by atoms with Gasteiger partial charge in [0.2, 0.25) is 0 Å². The Kier molecular flexibility index (Phi) is 5.57. The molecular formula is C13H24N4OS. The fourth-order valence-electron chi connectivity index (χ4n) is 2.39. The van der Waals surface area contributed by atoms with Gasteiger partial charge in [-0.1, -0.05) is 6.92 Å². The van der Waals surface area contributed by atoms with Crippen molar-refractivity contribution < 1.29 is 4.74 Å². The second-order valence-corrected chi connectivity index (χ2v) is 5.89. The number of hydrogen-bond acceptors (Lipinski definition) is 6. The van der Waals surface area contributed by atoms with E-state index in [0.29, 0.717) is 13.2 Å². The fourth-order valence-corrected chi connectivity index (χ4v) is 3.39. The molecule has 0 unspecified atom stereocenters. The van der Waals surface area contributed by atoms with Crippen molar-refractivity contribution in [2.75, 3.05) is 44.7 Å². The molecule has 108 valence electrons. The normalized spacial score (nSPS) is 17.1. The highest BCUT2D eigenvalue weighted by atomic mass is 32.1. The van der Waals surface area contributed by atoms with Crippen molar-refractivity contribution in [3.63, 3.8) is 0 Å². The Morgan fingerprint density at radius 1 is 1.32 bits per heavy atom. The summed E-state index contributed by atoms with van der Waals surface area (Å²) in [4.78, 5) is 10.7. The molecule has 19 heavy (non-hydrogen) atoms. The first-order valence-corrected chi connectivity index (χ1v) is 7.75. The van der Waals surface area contributed by atoms with Crippen LogP contribution < -0.4 is 10.6 Å². The second kappa shape index (κ2) is 7.19. The molecule has 1 aromatic rings. The molecule has 2 rings (SSSR count). The van der Waals surface area contributed by atoms with Gasteiger partial charge >= 0.3 is 0 Å². The molecule has 0 saturated carbocycles. The van der Waals surface area contributed by atoms with Crippen molar-refractivity contribution in [1.82, 2.24) is 9.88 Å². The number of hydrogen-bond donors (Lipinski definition) is 1. The van der Waals surface area contributed by atoms with Gasteiger partial charge in [0, 0.05) is 44.7 Å². The predicted molar refractivity (Wildman–Crippen MR) is 79.7 cm³/mol. The second-order valence-electron chi connectivity index (χ2n) is 4.83. The lowest BCUT2D eigenvalue weighted by Crippen LogP contribution is -2.46. The topological polar surface area (TPSA) is 54.6 Å². The Bertz CT molecular complexity index is 388. The van der Waals surface area contributed by atoms with Crippen molar-refractivity contribution >= 4 is 16.5 Å². The van der Waals surface area contributed by atoms with Crippen LogP contribution in [0.25, 0.3) is 0 Å². The third-order valence-electron chi connectivity index (χ3n) is 3.42. The van der Waals surface area contributed by atoms with Gasteiger partial charge in [-0.25, -0.2) is 4.98 Å². The van der Waals surface area contributed by atoms with Crippen LogP contribution >= 0.6 is 11.3 Å². The molecule has 0 atom stereocenters. The van der Waals surface area contributed by atoms with E-state index in [9.17, 15) is 0 Å². The smallest absolute Gasteiger partial charge is 0.185 e. The molecule has 0 spiro atoms. The van der Waals surface area contributed by atoms with Crippen LogP contribution in [0, 0.1) is 0 Å². The molecule has 1 aliphatic heterocycles. The van der Waals surface area contributed by atoms with Gasteiger partial charge in [-0.2, -0.15) is 0 Å². The summed E-state index contributed by atoms with van der Waals surface area (Å²) in [5.74, 6) is 0. The van der Waals surface area contributed by atoms with E-state index >= 15 is 0 Å². The number of anilines is 1. The van der Waals surface area contributed by atoms with Crippen molar-refractivity contribution in [2.24, 2.45) is 5.73 Å². The van der Waals surface area contributed by atoms with E-state index < -0.39 is 0 Å². The molecule has 1 aromatic heterocycles. The fraction of sp³-hybridized carbons (Fsp3) is 0.769. The maximum atomic E-state index is 5.77. The Balaban J connectivity index is 1.99. The van der Waals surface area contributed by atoms with Crippen LogP contribution in [0.1, 0.15) is 23.9 Å².